The fourth-order valence-electron chi connectivity index (χ4n) is 3.85. The lowest BCUT2D eigenvalue weighted by molar-refractivity contribution is -0.138. The van der Waals surface area contributed by atoms with Gasteiger partial charge in [0, 0.05) is 25.3 Å². The molecule has 1 aliphatic rings. The third kappa shape index (κ3) is 4.95. The maximum absolute atomic E-state index is 13.8. The quantitative estimate of drug-likeness (QED) is 0.585. The molecule has 33 heavy (non-hydrogen) atoms. The van der Waals surface area contributed by atoms with E-state index in [2.05, 4.69) is 20.4 Å². The number of anilines is 1. The predicted molar refractivity (Wildman–Crippen MR) is 118 cm³/mol. The number of hydrogen-bond acceptors (Lipinski definition) is 5. The number of rotatable bonds is 5. The summed E-state index contributed by atoms with van der Waals surface area (Å²) in [5, 5.41) is 6.78. The fraction of sp³-hybridized carbons (Fsp3) is 0.364. The van der Waals surface area contributed by atoms with Gasteiger partial charge < -0.3 is 10.2 Å². The molecule has 0 radical (unpaired) electrons. The highest BCUT2D eigenvalue weighted by Gasteiger charge is 2.34. The number of alkyl halides is 3. The highest BCUT2D eigenvalue weighted by atomic mass is 35.5. The van der Waals surface area contributed by atoms with Crippen LogP contribution in [-0.2, 0) is 12.7 Å². The molecule has 0 spiro atoms. The molecular weight excluding hydrogens is 457 g/mol. The van der Waals surface area contributed by atoms with Crippen LogP contribution in [0.25, 0.3) is 5.69 Å². The molecule has 2 aromatic heterocycles. The van der Waals surface area contributed by atoms with Crippen molar-refractivity contribution in [2.75, 3.05) is 18.0 Å². The van der Waals surface area contributed by atoms with Crippen LogP contribution in [0.1, 0.15) is 45.8 Å². The summed E-state index contributed by atoms with van der Waals surface area (Å²) in [5.41, 5.74) is 0.713. The van der Waals surface area contributed by atoms with Gasteiger partial charge in [0.1, 0.15) is 0 Å². The average Bonchev–Trinajstić information content (AvgIpc) is 3.41. The van der Waals surface area contributed by atoms with Crippen LogP contribution in [0.5, 0.6) is 0 Å². The van der Waals surface area contributed by atoms with Gasteiger partial charge >= 0.3 is 6.18 Å². The van der Waals surface area contributed by atoms with Crippen molar-refractivity contribution in [1.82, 2.24) is 25.1 Å². The van der Waals surface area contributed by atoms with Crippen LogP contribution in [0.2, 0.25) is 5.02 Å². The molecule has 4 rings (SSSR count). The summed E-state index contributed by atoms with van der Waals surface area (Å²) in [6, 6.07) is 5.69. The summed E-state index contributed by atoms with van der Waals surface area (Å²) in [4.78, 5) is 23.0. The van der Waals surface area contributed by atoms with Gasteiger partial charge in [0.05, 0.1) is 28.2 Å². The van der Waals surface area contributed by atoms with E-state index in [0.717, 1.165) is 32.0 Å². The Morgan fingerprint density at radius 1 is 1.18 bits per heavy atom. The van der Waals surface area contributed by atoms with Crippen LogP contribution in [0.4, 0.5) is 19.1 Å². The van der Waals surface area contributed by atoms with Gasteiger partial charge in [-0.15, -0.1) is 0 Å². The van der Waals surface area contributed by atoms with Crippen molar-refractivity contribution in [3.05, 3.63) is 63.7 Å². The summed E-state index contributed by atoms with van der Waals surface area (Å²) in [6.07, 6.45) is -1.27. The largest absolute Gasteiger partial charge is 0.416 e. The molecule has 7 nitrogen and oxygen atoms in total. The Bertz CT molecular complexity index is 1190. The molecule has 1 aromatic carbocycles. The normalized spacial score (nSPS) is 14.1. The van der Waals surface area contributed by atoms with Crippen LogP contribution in [-0.4, -0.2) is 38.7 Å². The zero-order valence-electron chi connectivity index (χ0n) is 18.1. The third-order valence-electron chi connectivity index (χ3n) is 5.43. The number of hydrogen-bond donors (Lipinski definition) is 1. The SMILES string of the molecule is Cc1cc(C)n(-c2ccc(CNC(=O)c3nc(N4CCCC4)ncc3Cl)c(C(F)(F)F)c2)n1. The molecule has 0 bridgehead atoms. The lowest BCUT2D eigenvalue weighted by Crippen LogP contribution is -2.27. The fourth-order valence-corrected chi connectivity index (χ4v) is 4.03. The van der Waals surface area contributed by atoms with Gasteiger partial charge in [-0.1, -0.05) is 17.7 Å². The molecule has 1 N–H and O–H groups in total. The Labute approximate surface area is 193 Å². The van der Waals surface area contributed by atoms with Gasteiger partial charge in [-0.3, -0.25) is 4.79 Å². The molecule has 1 fully saturated rings. The number of nitrogens with zero attached hydrogens (tertiary/aromatic N) is 5. The highest BCUT2D eigenvalue weighted by molar-refractivity contribution is 6.33. The van der Waals surface area contributed by atoms with E-state index < -0.39 is 17.6 Å². The van der Waals surface area contributed by atoms with Crippen LogP contribution >= 0.6 is 11.6 Å². The second kappa shape index (κ2) is 9.01. The molecule has 3 aromatic rings. The van der Waals surface area contributed by atoms with Crippen LogP contribution < -0.4 is 10.2 Å². The first kappa shape index (κ1) is 23.0. The predicted octanol–water partition coefficient (Wildman–Crippen LogP) is 4.48. The van der Waals surface area contributed by atoms with Crippen molar-refractivity contribution in [2.45, 2.75) is 39.4 Å². The van der Waals surface area contributed by atoms with E-state index in [1.54, 1.807) is 26.0 Å². The summed E-state index contributed by atoms with van der Waals surface area (Å²) in [7, 11) is 0. The maximum Gasteiger partial charge on any atom is 0.416 e. The monoisotopic (exact) mass is 478 g/mol. The number of carbonyl (C=O) groups is 1. The van der Waals surface area contributed by atoms with Crippen LogP contribution in [0, 0.1) is 13.8 Å². The number of halogens is 4. The molecule has 3 heterocycles. The molecule has 1 amide bonds. The van der Waals surface area contributed by atoms with E-state index in [1.165, 1.54) is 16.9 Å². The van der Waals surface area contributed by atoms with Crippen molar-refractivity contribution in [3.8, 4) is 5.69 Å². The van der Waals surface area contributed by atoms with Crippen molar-refractivity contribution in [3.63, 3.8) is 0 Å². The molecule has 0 aliphatic carbocycles. The minimum absolute atomic E-state index is 0.0337. The van der Waals surface area contributed by atoms with E-state index in [1.807, 2.05) is 4.90 Å². The van der Waals surface area contributed by atoms with Gasteiger partial charge in [0.25, 0.3) is 5.91 Å². The Kier molecular flexibility index (Phi) is 6.29. The summed E-state index contributed by atoms with van der Waals surface area (Å²) in [6.45, 7) is 4.75. The Morgan fingerprint density at radius 2 is 1.91 bits per heavy atom. The van der Waals surface area contributed by atoms with E-state index in [-0.39, 0.29) is 28.5 Å². The van der Waals surface area contributed by atoms with Gasteiger partial charge in [0.2, 0.25) is 5.95 Å². The molecule has 1 saturated heterocycles. The van der Waals surface area contributed by atoms with Gasteiger partial charge in [-0.05, 0) is 50.5 Å². The van der Waals surface area contributed by atoms with Gasteiger partial charge in [0.15, 0.2) is 5.69 Å². The second-order valence-corrected chi connectivity index (χ2v) is 8.33. The number of aromatic nitrogens is 4. The highest BCUT2D eigenvalue weighted by Crippen LogP contribution is 2.34. The van der Waals surface area contributed by atoms with Crippen LogP contribution in [0.3, 0.4) is 0 Å². The molecule has 0 saturated carbocycles. The Morgan fingerprint density at radius 3 is 2.55 bits per heavy atom. The molecular formula is C22H22ClF3N6O. The molecule has 1 aliphatic heterocycles. The van der Waals surface area contributed by atoms with E-state index in [0.29, 0.717) is 17.3 Å². The first-order chi connectivity index (χ1) is 15.6. The standard InChI is InChI=1S/C22H22ClF3N6O/c1-13-9-14(2)32(30-13)16-6-5-15(17(10-16)22(24,25)26)11-27-20(33)19-18(23)12-28-21(29-19)31-7-3-4-8-31/h5-6,9-10,12H,3-4,7-8,11H2,1-2H3,(H,27,33). The zero-order chi connectivity index (χ0) is 23.8. The molecule has 0 atom stereocenters. The van der Waals surface area contributed by atoms with E-state index >= 15 is 0 Å². The van der Waals surface area contributed by atoms with Crippen LogP contribution in [0.15, 0.2) is 30.5 Å². The lowest BCUT2D eigenvalue weighted by Gasteiger charge is -2.17. The maximum atomic E-state index is 13.8. The van der Waals surface area contributed by atoms with Gasteiger partial charge in [-0.25, -0.2) is 14.6 Å². The van der Waals surface area contributed by atoms with Crippen molar-refractivity contribution >= 4 is 23.5 Å². The van der Waals surface area contributed by atoms with E-state index in [9.17, 15) is 18.0 Å². The zero-order valence-corrected chi connectivity index (χ0v) is 18.8. The molecule has 11 heteroatoms. The average molecular weight is 479 g/mol. The minimum Gasteiger partial charge on any atom is -0.347 e. The number of aryl methyl sites for hydroxylation is 2. The van der Waals surface area contributed by atoms with Crippen molar-refractivity contribution in [1.29, 1.82) is 0 Å². The number of nitrogens with one attached hydrogen (secondary N) is 1. The first-order valence-electron chi connectivity index (χ1n) is 10.4. The van der Waals surface area contributed by atoms with Crippen molar-refractivity contribution < 1.29 is 18.0 Å². The number of carbonyl (C=O) groups excluding carboxylic acids is 1. The Hall–Kier alpha value is -3.14. The first-order valence-corrected chi connectivity index (χ1v) is 10.8. The molecule has 0 unspecified atom stereocenters. The Balaban J connectivity index is 1.57. The van der Waals surface area contributed by atoms with Gasteiger partial charge in [-0.2, -0.15) is 18.3 Å². The topological polar surface area (TPSA) is 75.9 Å². The third-order valence-corrected chi connectivity index (χ3v) is 5.70. The van der Waals surface area contributed by atoms with Crippen molar-refractivity contribution in [2.24, 2.45) is 0 Å². The van der Waals surface area contributed by atoms with E-state index in [4.69, 9.17) is 11.6 Å². The second-order valence-electron chi connectivity index (χ2n) is 7.92. The summed E-state index contributed by atoms with van der Waals surface area (Å²) >= 11 is 6.09. The smallest absolute Gasteiger partial charge is 0.347 e. The summed E-state index contributed by atoms with van der Waals surface area (Å²) < 4.78 is 42.8. The molecule has 174 valence electrons. The minimum atomic E-state index is -4.61. The summed E-state index contributed by atoms with van der Waals surface area (Å²) in [5.74, 6) is -0.286. The number of benzene rings is 1. The number of amides is 1. The lowest BCUT2D eigenvalue weighted by atomic mass is 10.1.